The van der Waals surface area contributed by atoms with Gasteiger partial charge < -0.3 is 5.73 Å². The second-order valence-electron chi connectivity index (χ2n) is 3.39. The van der Waals surface area contributed by atoms with Gasteiger partial charge in [0.1, 0.15) is 5.03 Å². The number of rotatable bonds is 4. The molecule has 0 aliphatic heterocycles. The van der Waals surface area contributed by atoms with Crippen LogP contribution in [0.4, 0.5) is 13.2 Å². The maximum atomic E-state index is 12.4. The zero-order valence-corrected chi connectivity index (χ0v) is 10.7. The van der Waals surface area contributed by atoms with Gasteiger partial charge in [0.15, 0.2) is 0 Å². The third kappa shape index (κ3) is 4.04. The lowest BCUT2D eigenvalue weighted by Gasteiger charge is -2.13. The molecule has 0 fully saturated rings. The fourth-order valence-electron chi connectivity index (χ4n) is 1.12. The highest BCUT2D eigenvalue weighted by atomic mass is 35.5. The van der Waals surface area contributed by atoms with E-state index >= 15 is 0 Å². The topological polar surface area (TPSA) is 38.9 Å². The largest absolute Gasteiger partial charge is 0.417 e. The van der Waals surface area contributed by atoms with Gasteiger partial charge in [0.05, 0.1) is 10.6 Å². The zero-order valence-electron chi connectivity index (χ0n) is 9.09. The average molecular weight is 285 g/mol. The van der Waals surface area contributed by atoms with E-state index < -0.39 is 11.7 Å². The minimum absolute atomic E-state index is 0.0109. The van der Waals surface area contributed by atoms with Crippen molar-refractivity contribution in [2.45, 2.75) is 29.8 Å². The van der Waals surface area contributed by atoms with Gasteiger partial charge in [-0.3, -0.25) is 0 Å². The van der Waals surface area contributed by atoms with Crippen LogP contribution in [0.3, 0.4) is 0 Å². The van der Waals surface area contributed by atoms with E-state index in [1.54, 1.807) is 0 Å². The Morgan fingerprint density at radius 1 is 1.53 bits per heavy atom. The summed E-state index contributed by atoms with van der Waals surface area (Å²) in [6.07, 6.45) is -2.82. The first kappa shape index (κ1) is 14.6. The molecule has 0 amide bonds. The first-order valence-electron chi connectivity index (χ1n) is 4.98. The molecule has 1 rings (SSSR count). The number of alkyl halides is 3. The van der Waals surface area contributed by atoms with Crippen LogP contribution in [0.2, 0.25) is 5.02 Å². The SMILES string of the molecule is CCC(CN)Sc1ncc(C(F)(F)F)cc1Cl. The van der Waals surface area contributed by atoms with Gasteiger partial charge in [0.25, 0.3) is 0 Å². The molecular formula is C10H12ClF3N2S. The van der Waals surface area contributed by atoms with Crippen LogP contribution in [-0.2, 0) is 6.18 Å². The molecule has 17 heavy (non-hydrogen) atoms. The summed E-state index contributed by atoms with van der Waals surface area (Å²) in [6, 6.07) is 0.889. The van der Waals surface area contributed by atoms with E-state index in [1.807, 2.05) is 6.92 Å². The number of hydrogen-bond donors (Lipinski definition) is 1. The summed E-state index contributed by atoms with van der Waals surface area (Å²) in [4.78, 5) is 3.74. The van der Waals surface area contributed by atoms with E-state index in [0.29, 0.717) is 11.6 Å². The van der Waals surface area contributed by atoms with Crippen molar-refractivity contribution in [2.24, 2.45) is 5.73 Å². The third-order valence-corrected chi connectivity index (χ3v) is 3.94. The number of aromatic nitrogens is 1. The number of halogens is 4. The van der Waals surface area contributed by atoms with Gasteiger partial charge in [0, 0.05) is 18.0 Å². The molecule has 0 aliphatic carbocycles. The smallest absolute Gasteiger partial charge is 0.329 e. The Kier molecular flexibility index (Phi) is 5.09. The minimum atomic E-state index is -4.42. The molecule has 0 spiro atoms. The maximum absolute atomic E-state index is 12.4. The van der Waals surface area contributed by atoms with Gasteiger partial charge in [-0.25, -0.2) is 4.98 Å². The predicted octanol–water partition coefficient (Wildman–Crippen LogP) is 3.58. The van der Waals surface area contributed by atoms with Gasteiger partial charge >= 0.3 is 6.18 Å². The van der Waals surface area contributed by atoms with Crippen molar-refractivity contribution in [3.63, 3.8) is 0 Å². The van der Waals surface area contributed by atoms with Crippen molar-refractivity contribution in [1.82, 2.24) is 4.98 Å². The molecule has 0 bridgehead atoms. The van der Waals surface area contributed by atoms with E-state index in [2.05, 4.69) is 4.98 Å². The number of nitrogens with two attached hydrogens (primary N) is 1. The summed E-state index contributed by atoms with van der Waals surface area (Å²) in [5, 5.41) is 0.505. The average Bonchev–Trinajstić information content (AvgIpc) is 2.26. The summed E-state index contributed by atoms with van der Waals surface area (Å²) in [7, 11) is 0. The first-order valence-corrected chi connectivity index (χ1v) is 6.23. The molecule has 1 unspecified atom stereocenters. The highest BCUT2D eigenvalue weighted by molar-refractivity contribution is 8.00. The Balaban J connectivity index is 2.90. The molecule has 0 saturated carbocycles. The molecule has 1 heterocycles. The standard InChI is InChI=1S/C10H12ClF3N2S/c1-2-7(4-15)17-9-8(11)3-6(5-16-9)10(12,13)14/h3,5,7H,2,4,15H2,1H3. The fraction of sp³-hybridized carbons (Fsp3) is 0.500. The highest BCUT2D eigenvalue weighted by Crippen LogP contribution is 2.35. The summed E-state index contributed by atoms with van der Waals surface area (Å²) in [6.45, 7) is 2.38. The summed E-state index contributed by atoms with van der Waals surface area (Å²) in [5.74, 6) is 0. The lowest BCUT2D eigenvalue weighted by atomic mass is 10.3. The fourth-order valence-corrected chi connectivity index (χ4v) is 2.29. The normalized spacial score (nSPS) is 13.8. The first-order chi connectivity index (χ1) is 7.88. The van der Waals surface area contributed by atoms with Crippen LogP contribution in [0.1, 0.15) is 18.9 Å². The van der Waals surface area contributed by atoms with Gasteiger partial charge in [-0.2, -0.15) is 13.2 Å². The van der Waals surface area contributed by atoms with Crippen molar-refractivity contribution in [1.29, 1.82) is 0 Å². The lowest BCUT2D eigenvalue weighted by Crippen LogP contribution is -2.15. The van der Waals surface area contributed by atoms with E-state index in [0.717, 1.165) is 18.7 Å². The molecule has 0 aliphatic rings. The lowest BCUT2D eigenvalue weighted by molar-refractivity contribution is -0.137. The Hall–Kier alpha value is -0.460. The van der Waals surface area contributed by atoms with Gasteiger partial charge in [-0.15, -0.1) is 11.8 Å². The molecule has 1 atom stereocenters. The molecule has 2 nitrogen and oxygen atoms in total. The second-order valence-corrected chi connectivity index (χ2v) is 5.09. The molecule has 2 N–H and O–H groups in total. The number of pyridine rings is 1. The quantitative estimate of drug-likeness (QED) is 0.859. The molecule has 96 valence electrons. The summed E-state index contributed by atoms with van der Waals surface area (Å²) < 4.78 is 37.1. The van der Waals surface area contributed by atoms with Crippen LogP contribution in [0.15, 0.2) is 17.3 Å². The molecule has 7 heteroatoms. The Labute approximate surface area is 107 Å². The van der Waals surface area contributed by atoms with Crippen molar-refractivity contribution in [3.05, 3.63) is 22.8 Å². The minimum Gasteiger partial charge on any atom is -0.329 e. The zero-order chi connectivity index (χ0) is 13.1. The van der Waals surface area contributed by atoms with E-state index in [-0.39, 0.29) is 10.3 Å². The van der Waals surface area contributed by atoms with Crippen LogP contribution in [-0.4, -0.2) is 16.8 Å². The van der Waals surface area contributed by atoms with Gasteiger partial charge in [0.2, 0.25) is 0 Å². The molecule has 0 radical (unpaired) electrons. The monoisotopic (exact) mass is 284 g/mol. The highest BCUT2D eigenvalue weighted by Gasteiger charge is 2.31. The number of hydrogen-bond acceptors (Lipinski definition) is 3. The van der Waals surface area contributed by atoms with Crippen molar-refractivity contribution >= 4 is 23.4 Å². The van der Waals surface area contributed by atoms with Crippen molar-refractivity contribution in [3.8, 4) is 0 Å². The van der Waals surface area contributed by atoms with Crippen LogP contribution >= 0.6 is 23.4 Å². The van der Waals surface area contributed by atoms with Crippen LogP contribution in [0, 0.1) is 0 Å². The molecule has 1 aromatic rings. The Bertz CT molecular complexity index is 380. The maximum Gasteiger partial charge on any atom is 0.417 e. The molecule has 0 saturated heterocycles. The Morgan fingerprint density at radius 2 is 2.18 bits per heavy atom. The second kappa shape index (κ2) is 5.93. The van der Waals surface area contributed by atoms with E-state index in [9.17, 15) is 13.2 Å². The molecule has 0 aromatic carbocycles. The third-order valence-electron chi connectivity index (χ3n) is 2.13. The van der Waals surface area contributed by atoms with Crippen LogP contribution < -0.4 is 5.73 Å². The summed E-state index contributed by atoms with van der Waals surface area (Å²) >= 11 is 7.07. The number of nitrogens with zero attached hydrogens (tertiary/aromatic N) is 1. The molecule has 1 aromatic heterocycles. The predicted molar refractivity (Wildman–Crippen MR) is 63.2 cm³/mol. The van der Waals surface area contributed by atoms with Crippen LogP contribution in [0.25, 0.3) is 0 Å². The summed E-state index contributed by atoms with van der Waals surface area (Å²) in [5.41, 5.74) is 4.67. The van der Waals surface area contributed by atoms with Gasteiger partial charge in [-0.05, 0) is 12.5 Å². The van der Waals surface area contributed by atoms with E-state index in [1.165, 1.54) is 11.8 Å². The van der Waals surface area contributed by atoms with Crippen molar-refractivity contribution < 1.29 is 13.2 Å². The van der Waals surface area contributed by atoms with Gasteiger partial charge in [-0.1, -0.05) is 18.5 Å². The van der Waals surface area contributed by atoms with Crippen molar-refractivity contribution in [2.75, 3.05) is 6.54 Å². The van der Waals surface area contributed by atoms with E-state index in [4.69, 9.17) is 17.3 Å². The Morgan fingerprint density at radius 3 is 2.59 bits per heavy atom. The molecular weight excluding hydrogens is 273 g/mol. The van der Waals surface area contributed by atoms with Crippen LogP contribution in [0.5, 0.6) is 0 Å². The number of thioether (sulfide) groups is 1.